The Morgan fingerprint density at radius 1 is 1.40 bits per heavy atom. The van der Waals surface area contributed by atoms with Gasteiger partial charge in [-0.25, -0.2) is 4.79 Å². The SMILES string of the molecule is CSCCCCCNC(=O)c1csc(/C=C/C(=O)O)c1. The molecule has 0 aliphatic carbocycles. The molecule has 0 unspecified atom stereocenters. The van der Waals surface area contributed by atoms with Gasteiger partial charge in [0.05, 0.1) is 5.56 Å². The second-order valence-corrected chi connectivity index (χ2v) is 6.15. The highest BCUT2D eigenvalue weighted by Crippen LogP contribution is 2.16. The molecule has 0 aliphatic rings. The molecule has 0 radical (unpaired) electrons. The molecule has 4 nitrogen and oxygen atoms in total. The number of carbonyl (C=O) groups excluding carboxylic acids is 1. The van der Waals surface area contributed by atoms with E-state index in [0.717, 1.165) is 29.5 Å². The van der Waals surface area contributed by atoms with E-state index >= 15 is 0 Å². The fourth-order valence-electron chi connectivity index (χ4n) is 1.56. The van der Waals surface area contributed by atoms with E-state index in [1.807, 2.05) is 11.8 Å². The normalized spacial score (nSPS) is 10.8. The van der Waals surface area contributed by atoms with E-state index in [9.17, 15) is 9.59 Å². The Bertz CT molecular complexity index is 469. The number of unbranched alkanes of at least 4 members (excludes halogenated alkanes) is 2. The van der Waals surface area contributed by atoms with Gasteiger partial charge >= 0.3 is 5.97 Å². The molecular formula is C14H19NO3S2. The summed E-state index contributed by atoms with van der Waals surface area (Å²) in [4.78, 5) is 23.0. The summed E-state index contributed by atoms with van der Waals surface area (Å²) < 4.78 is 0. The maximum absolute atomic E-state index is 11.8. The summed E-state index contributed by atoms with van der Waals surface area (Å²) in [7, 11) is 0. The van der Waals surface area contributed by atoms with Crippen LogP contribution in [0.3, 0.4) is 0 Å². The van der Waals surface area contributed by atoms with E-state index in [-0.39, 0.29) is 5.91 Å². The topological polar surface area (TPSA) is 66.4 Å². The van der Waals surface area contributed by atoms with E-state index in [0.29, 0.717) is 12.1 Å². The Labute approximate surface area is 127 Å². The lowest BCUT2D eigenvalue weighted by molar-refractivity contribution is -0.131. The predicted molar refractivity (Wildman–Crippen MR) is 85.6 cm³/mol. The predicted octanol–water partition coefficient (Wildman–Crippen LogP) is 3.11. The Hall–Kier alpha value is -1.27. The summed E-state index contributed by atoms with van der Waals surface area (Å²) in [5.74, 6) is 0.0772. The Morgan fingerprint density at radius 3 is 2.90 bits per heavy atom. The number of rotatable bonds is 9. The lowest BCUT2D eigenvalue weighted by Gasteiger charge is -2.03. The summed E-state index contributed by atoms with van der Waals surface area (Å²) in [5.41, 5.74) is 0.587. The van der Waals surface area contributed by atoms with Crippen molar-refractivity contribution in [3.8, 4) is 0 Å². The average molecular weight is 313 g/mol. The molecule has 20 heavy (non-hydrogen) atoms. The number of aliphatic carboxylic acids is 1. The molecule has 0 spiro atoms. The van der Waals surface area contributed by atoms with Gasteiger partial charge in [-0.3, -0.25) is 4.79 Å². The number of amides is 1. The van der Waals surface area contributed by atoms with Crippen LogP contribution in [0.1, 0.15) is 34.5 Å². The van der Waals surface area contributed by atoms with Crippen molar-refractivity contribution in [2.75, 3.05) is 18.6 Å². The first-order valence-corrected chi connectivity index (χ1v) is 8.67. The summed E-state index contributed by atoms with van der Waals surface area (Å²) in [6, 6.07) is 1.70. The maximum Gasteiger partial charge on any atom is 0.328 e. The fourth-order valence-corrected chi connectivity index (χ4v) is 2.84. The third-order valence-electron chi connectivity index (χ3n) is 2.58. The quantitative estimate of drug-likeness (QED) is 0.543. The smallest absolute Gasteiger partial charge is 0.328 e. The number of carboxylic acids is 1. The van der Waals surface area contributed by atoms with Gasteiger partial charge in [-0.05, 0) is 37.0 Å². The minimum Gasteiger partial charge on any atom is -0.478 e. The van der Waals surface area contributed by atoms with Crippen LogP contribution in [-0.2, 0) is 4.79 Å². The molecule has 1 amide bonds. The number of nitrogens with one attached hydrogen (secondary N) is 1. The number of thiophene rings is 1. The number of hydrogen-bond donors (Lipinski definition) is 2. The van der Waals surface area contributed by atoms with Crippen molar-refractivity contribution in [2.24, 2.45) is 0 Å². The third kappa shape index (κ3) is 6.77. The van der Waals surface area contributed by atoms with Gasteiger partial charge in [-0.15, -0.1) is 11.3 Å². The van der Waals surface area contributed by atoms with Crippen molar-refractivity contribution in [3.05, 3.63) is 28.0 Å². The first kappa shape index (κ1) is 16.8. The molecule has 0 saturated heterocycles. The number of thioether (sulfide) groups is 1. The molecule has 0 aliphatic heterocycles. The van der Waals surface area contributed by atoms with Crippen LogP contribution in [0.4, 0.5) is 0 Å². The van der Waals surface area contributed by atoms with Crippen LogP contribution in [-0.4, -0.2) is 35.5 Å². The van der Waals surface area contributed by atoms with E-state index < -0.39 is 5.97 Å². The van der Waals surface area contributed by atoms with Crippen LogP contribution in [0, 0.1) is 0 Å². The first-order valence-electron chi connectivity index (χ1n) is 6.40. The summed E-state index contributed by atoms with van der Waals surface area (Å²) >= 11 is 3.19. The zero-order chi connectivity index (χ0) is 14.8. The van der Waals surface area contributed by atoms with Gasteiger partial charge in [0.25, 0.3) is 5.91 Å². The van der Waals surface area contributed by atoms with Crippen molar-refractivity contribution in [1.82, 2.24) is 5.32 Å². The van der Waals surface area contributed by atoms with Gasteiger partial charge in [0, 0.05) is 22.9 Å². The summed E-state index contributed by atoms with van der Waals surface area (Å²) in [6.45, 7) is 0.684. The van der Waals surface area contributed by atoms with Gasteiger partial charge < -0.3 is 10.4 Å². The van der Waals surface area contributed by atoms with Gasteiger partial charge in [-0.2, -0.15) is 11.8 Å². The van der Waals surface area contributed by atoms with Gasteiger partial charge in [-0.1, -0.05) is 6.42 Å². The van der Waals surface area contributed by atoms with Gasteiger partial charge in [0.1, 0.15) is 0 Å². The van der Waals surface area contributed by atoms with Crippen molar-refractivity contribution in [2.45, 2.75) is 19.3 Å². The van der Waals surface area contributed by atoms with Crippen molar-refractivity contribution >= 4 is 41.1 Å². The lowest BCUT2D eigenvalue weighted by Crippen LogP contribution is -2.23. The highest BCUT2D eigenvalue weighted by Gasteiger charge is 2.07. The molecule has 6 heteroatoms. The minimum atomic E-state index is -0.991. The molecule has 0 atom stereocenters. The third-order valence-corrected chi connectivity index (χ3v) is 4.18. The van der Waals surface area contributed by atoms with Crippen molar-refractivity contribution < 1.29 is 14.7 Å². The molecule has 110 valence electrons. The van der Waals surface area contributed by atoms with Crippen LogP contribution in [0.2, 0.25) is 0 Å². The average Bonchev–Trinajstić information content (AvgIpc) is 2.89. The number of carboxylic acid groups (broad SMARTS) is 1. The monoisotopic (exact) mass is 313 g/mol. The van der Waals surface area contributed by atoms with Crippen LogP contribution in [0.25, 0.3) is 6.08 Å². The molecule has 0 aromatic carbocycles. The molecule has 1 aromatic heterocycles. The van der Waals surface area contributed by atoms with Crippen LogP contribution in [0.15, 0.2) is 17.5 Å². The van der Waals surface area contributed by atoms with Crippen LogP contribution < -0.4 is 5.32 Å². The Kier molecular flexibility index (Phi) is 8.06. The summed E-state index contributed by atoms with van der Waals surface area (Å²) in [5, 5.41) is 13.1. The summed E-state index contributed by atoms with van der Waals surface area (Å²) in [6.07, 6.45) is 7.94. The molecule has 1 rings (SSSR count). The zero-order valence-corrected chi connectivity index (χ0v) is 13.1. The molecule has 1 aromatic rings. The fraction of sp³-hybridized carbons (Fsp3) is 0.429. The minimum absolute atomic E-state index is 0.0962. The zero-order valence-electron chi connectivity index (χ0n) is 11.4. The molecular weight excluding hydrogens is 294 g/mol. The second-order valence-electron chi connectivity index (χ2n) is 4.22. The van der Waals surface area contributed by atoms with Crippen LogP contribution >= 0.6 is 23.1 Å². The molecule has 0 bridgehead atoms. The number of carbonyl (C=O) groups is 2. The van der Waals surface area contributed by atoms with E-state index in [1.165, 1.54) is 23.8 Å². The lowest BCUT2D eigenvalue weighted by atomic mass is 10.2. The molecule has 0 saturated carbocycles. The van der Waals surface area contributed by atoms with Crippen molar-refractivity contribution in [3.63, 3.8) is 0 Å². The molecule has 0 fully saturated rings. The second kappa shape index (κ2) is 9.61. The highest BCUT2D eigenvalue weighted by atomic mass is 32.2. The number of hydrogen-bond acceptors (Lipinski definition) is 4. The Balaban J connectivity index is 2.31. The standard InChI is InChI=1S/C14H19NO3S2/c1-19-8-4-2-3-7-15-14(18)11-9-12(20-10-11)5-6-13(16)17/h5-6,9-10H,2-4,7-8H2,1H3,(H,15,18)(H,16,17)/b6-5+. The largest absolute Gasteiger partial charge is 0.478 e. The first-order chi connectivity index (χ1) is 9.63. The molecule has 2 N–H and O–H groups in total. The van der Waals surface area contributed by atoms with E-state index in [4.69, 9.17) is 5.11 Å². The molecule has 1 heterocycles. The van der Waals surface area contributed by atoms with Gasteiger partial charge in [0.15, 0.2) is 0 Å². The van der Waals surface area contributed by atoms with E-state index in [2.05, 4.69) is 11.6 Å². The maximum atomic E-state index is 11.8. The van der Waals surface area contributed by atoms with Crippen LogP contribution in [0.5, 0.6) is 0 Å². The highest BCUT2D eigenvalue weighted by molar-refractivity contribution is 7.98. The van der Waals surface area contributed by atoms with Crippen molar-refractivity contribution in [1.29, 1.82) is 0 Å². The van der Waals surface area contributed by atoms with Gasteiger partial charge in [0.2, 0.25) is 0 Å². The Morgan fingerprint density at radius 2 is 2.20 bits per heavy atom. The van der Waals surface area contributed by atoms with E-state index in [1.54, 1.807) is 11.4 Å².